The molecule has 1 aromatic carbocycles. The second kappa shape index (κ2) is 12.9. The van der Waals surface area contributed by atoms with E-state index in [-0.39, 0.29) is 0 Å². The van der Waals surface area contributed by atoms with Gasteiger partial charge in [0.05, 0.1) is 5.69 Å². The molecule has 0 aliphatic heterocycles. The molecule has 1 nitrogen and oxygen atoms in total. The molecule has 164 valence electrons. The first-order valence-corrected chi connectivity index (χ1v) is 12.8. The van der Waals surface area contributed by atoms with Gasteiger partial charge < -0.3 is 0 Å². The van der Waals surface area contributed by atoms with Crippen molar-refractivity contribution in [2.75, 3.05) is 0 Å². The molecule has 30 heavy (non-hydrogen) atoms. The molecule has 0 saturated heterocycles. The molecule has 1 aromatic heterocycles. The molecule has 0 amide bonds. The van der Waals surface area contributed by atoms with Gasteiger partial charge in [0.1, 0.15) is 0 Å². The van der Waals surface area contributed by atoms with E-state index in [0.29, 0.717) is 0 Å². The van der Waals surface area contributed by atoms with Gasteiger partial charge in [-0.05, 0) is 54.7 Å². The lowest BCUT2D eigenvalue weighted by Gasteiger charge is -2.28. The molecule has 2 aromatic rings. The number of hydrogen-bond donors (Lipinski definition) is 0. The van der Waals surface area contributed by atoms with Crippen molar-refractivity contribution in [1.82, 2.24) is 4.98 Å². The second-order valence-electron chi connectivity index (χ2n) is 9.63. The van der Waals surface area contributed by atoms with Crippen LogP contribution < -0.4 is 0 Å². The van der Waals surface area contributed by atoms with Crippen molar-refractivity contribution in [3.05, 3.63) is 53.7 Å². The Bertz CT molecular complexity index is 692. The lowest BCUT2D eigenvalue weighted by molar-refractivity contribution is 0.249. The molecule has 3 rings (SSSR count). The topological polar surface area (TPSA) is 12.9 Å². The van der Waals surface area contributed by atoms with Crippen molar-refractivity contribution < 1.29 is 0 Å². The fourth-order valence-electron chi connectivity index (χ4n) is 5.01. The highest BCUT2D eigenvalue weighted by Gasteiger charge is 2.20. The summed E-state index contributed by atoms with van der Waals surface area (Å²) in [6.07, 6.45) is 21.4. The molecule has 1 aliphatic rings. The van der Waals surface area contributed by atoms with Gasteiger partial charge in [0.25, 0.3) is 0 Å². The summed E-state index contributed by atoms with van der Waals surface area (Å²) in [5.41, 5.74) is 5.18. The van der Waals surface area contributed by atoms with Crippen molar-refractivity contribution in [2.24, 2.45) is 11.8 Å². The van der Waals surface area contributed by atoms with Crippen LogP contribution in [0.2, 0.25) is 0 Å². The number of nitrogens with zero attached hydrogens (tertiary/aromatic N) is 1. The Balaban J connectivity index is 1.39. The third kappa shape index (κ3) is 7.56. The maximum Gasteiger partial charge on any atom is 0.0702 e. The number of unbranched alkanes of at least 4 members (excludes halogenated alkanes) is 4. The molecule has 0 N–H and O–H groups in total. The van der Waals surface area contributed by atoms with Crippen molar-refractivity contribution in [1.29, 1.82) is 0 Å². The smallest absolute Gasteiger partial charge is 0.0702 e. The maximum absolute atomic E-state index is 4.69. The van der Waals surface area contributed by atoms with Crippen LogP contribution >= 0.6 is 0 Å². The summed E-state index contributed by atoms with van der Waals surface area (Å²) in [6.45, 7) is 4.55. The first-order valence-electron chi connectivity index (χ1n) is 12.8. The van der Waals surface area contributed by atoms with E-state index in [1.807, 2.05) is 0 Å². The summed E-state index contributed by atoms with van der Waals surface area (Å²) in [7, 11) is 0. The number of aromatic nitrogens is 1. The second-order valence-corrected chi connectivity index (χ2v) is 9.63. The minimum Gasteiger partial charge on any atom is -0.256 e. The molecule has 1 heterocycles. The number of hydrogen-bond acceptors (Lipinski definition) is 1. The third-order valence-corrected chi connectivity index (χ3v) is 7.17. The zero-order valence-corrected chi connectivity index (χ0v) is 19.5. The standard InChI is InChI=1S/C29H43N/c1-3-5-7-8-10-24-11-13-25(14-12-24)15-16-26-17-20-28(21-18-26)29-22-19-27(23-30-29)9-6-4-2/h17-25H,3-16H2,1-2H3. The van der Waals surface area contributed by atoms with E-state index in [2.05, 4.69) is 61.4 Å². The van der Waals surface area contributed by atoms with Gasteiger partial charge in [-0.3, -0.25) is 4.98 Å². The number of rotatable bonds is 12. The highest BCUT2D eigenvalue weighted by molar-refractivity contribution is 5.59. The van der Waals surface area contributed by atoms with Gasteiger partial charge in [0.15, 0.2) is 0 Å². The van der Waals surface area contributed by atoms with Crippen molar-refractivity contribution >= 4 is 0 Å². The summed E-state index contributed by atoms with van der Waals surface area (Å²) in [5, 5.41) is 0. The van der Waals surface area contributed by atoms with Crippen molar-refractivity contribution in [3.8, 4) is 11.3 Å². The van der Waals surface area contributed by atoms with E-state index in [9.17, 15) is 0 Å². The lowest BCUT2D eigenvalue weighted by Crippen LogP contribution is -2.15. The molecule has 0 radical (unpaired) electrons. The number of aryl methyl sites for hydroxylation is 2. The minimum absolute atomic E-state index is 0.953. The molecule has 1 fully saturated rings. The largest absolute Gasteiger partial charge is 0.256 e. The fourth-order valence-corrected chi connectivity index (χ4v) is 5.01. The van der Waals surface area contributed by atoms with Crippen LogP contribution in [0.25, 0.3) is 11.3 Å². The first kappa shape index (κ1) is 23.0. The normalized spacial score (nSPS) is 19.1. The SMILES string of the molecule is CCCCCCC1CCC(CCc2ccc(-c3ccc(CCCC)cn3)cc2)CC1. The number of pyridine rings is 1. The average Bonchev–Trinajstić information content (AvgIpc) is 2.81. The summed E-state index contributed by atoms with van der Waals surface area (Å²) >= 11 is 0. The number of benzene rings is 1. The van der Waals surface area contributed by atoms with Crippen LogP contribution in [0.1, 0.15) is 102 Å². The molecule has 0 spiro atoms. The van der Waals surface area contributed by atoms with E-state index in [4.69, 9.17) is 0 Å². The predicted molar refractivity (Wildman–Crippen MR) is 131 cm³/mol. The Morgan fingerprint density at radius 2 is 1.33 bits per heavy atom. The first-order chi connectivity index (χ1) is 14.8. The Morgan fingerprint density at radius 3 is 1.97 bits per heavy atom. The monoisotopic (exact) mass is 405 g/mol. The van der Waals surface area contributed by atoms with Crippen LogP contribution in [0.4, 0.5) is 0 Å². The van der Waals surface area contributed by atoms with Gasteiger partial charge in [0.2, 0.25) is 0 Å². The van der Waals surface area contributed by atoms with Crippen LogP contribution in [0.15, 0.2) is 42.6 Å². The van der Waals surface area contributed by atoms with Gasteiger partial charge in [-0.15, -0.1) is 0 Å². The van der Waals surface area contributed by atoms with Gasteiger partial charge >= 0.3 is 0 Å². The Morgan fingerprint density at radius 1 is 0.667 bits per heavy atom. The summed E-state index contributed by atoms with van der Waals surface area (Å²) < 4.78 is 0. The summed E-state index contributed by atoms with van der Waals surface area (Å²) in [6, 6.07) is 13.6. The van der Waals surface area contributed by atoms with E-state index in [1.54, 1.807) is 0 Å². The Hall–Kier alpha value is -1.63. The van der Waals surface area contributed by atoms with Gasteiger partial charge in [0, 0.05) is 11.8 Å². The van der Waals surface area contributed by atoms with E-state index >= 15 is 0 Å². The van der Waals surface area contributed by atoms with E-state index in [0.717, 1.165) is 24.0 Å². The van der Waals surface area contributed by atoms with Crippen LogP contribution in [-0.2, 0) is 12.8 Å². The molecular formula is C29H43N. The molecule has 0 unspecified atom stereocenters. The maximum atomic E-state index is 4.69. The molecule has 1 aliphatic carbocycles. The zero-order chi connectivity index (χ0) is 21.0. The molecule has 0 atom stereocenters. The van der Waals surface area contributed by atoms with Crippen LogP contribution in [0.3, 0.4) is 0 Å². The van der Waals surface area contributed by atoms with Crippen LogP contribution in [0.5, 0.6) is 0 Å². The van der Waals surface area contributed by atoms with E-state index < -0.39 is 0 Å². The average molecular weight is 406 g/mol. The highest BCUT2D eigenvalue weighted by Crippen LogP contribution is 2.34. The fraction of sp³-hybridized carbons (Fsp3) is 0.621. The minimum atomic E-state index is 0.953. The van der Waals surface area contributed by atoms with Crippen molar-refractivity contribution in [2.45, 2.75) is 104 Å². The molecule has 0 bridgehead atoms. The van der Waals surface area contributed by atoms with Gasteiger partial charge in [-0.25, -0.2) is 0 Å². The summed E-state index contributed by atoms with van der Waals surface area (Å²) in [4.78, 5) is 4.69. The van der Waals surface area contributed by atoms with Crippen LogP contribution in [-0.4, -0.2) is 4.98 Å². The predicted octanol–water partition coefficient (Wildman–Crippen LogP) is 8.80. The quantitative estimate of drug-likeness (QED) is 0.321. The Labute approximate surface area is 185 Å². The van der Waals surface area contributed by atoms with E-state index in [1.165, 1.54) is 100 Å². The van der Waals surface area contributed by atoms with Crippen molar-refractivity contribution in [3.63, 3.8) is 0 Å². The molecule has 1 saturated carbocycles. The Kier molecular flexibility index (Phi) is 9.93. The van der Waals surface area contributed by atoms with Gasteiger partial charge in [-0.2, -0.15) is 0 Å². The molecule has 1 heteroatoms. The zero-order valence-electron chi connectivity index (χ0n) is 19.5. The lowest BCUT2D eigenvalue weighted by atomic mass is 9.77. The van der Waals surface area contributed by atoms with Crippen LogP contribution in [0, 0.1) is 11.8 Å². The van der Waals surface area contributed by atoms with Gasteiger partial charge in [-0.1, -0.05) is 108 Å². The summed E-state index contributed by atoms with van der Waals surface area (Å²) in [5.74, 6) is 1.98. The molecular weight excluding hydrogens is 362 g/mol. The highest BCUT2D eigenvalue weighted by atomic mass is 14.7. The third-order valence-electron chi connectivity index (χ3n) is 7.17.